The third-order valence-electron chi connectivity index (χ3n) is 3.63. The number of carbonyl (C=O) groups excluding carboxylic acids is 1. The van der Waals surface area contributed by atoms with Crippen molar-refractivity contribution in [1.82, 2.24) is 15.1 Å². The van der Waals surface area contributed by atoms with Gasteiger partial charge in [0.25, 0.3) is 0 Å². The summed E-state index contributed by atoms with van der Waals surface area (Å²) < 4.78 is 2.03. The van der Waals surface area contributed by atoms with Crippen LogP contribution in [-0.4, -0.2) is 15.8 Å². The summed E-state index contributed by atoms with van der Waals surface area (Å²) in [6.45, 7) is 1.45. The average Bonchev–Trinajstić information content (AvgIpc) is 2.91. The Labute approximate surface area is 128 Å². The molecule has 0 unspecified atom stereocenters. The lowest BCUT2D eigenvalue weighted by atomic mass is 10.1. The molecule has 2 aromatic rings. The van der Waals surface area contributed by atoms with Crippen molar-refractivity contribution in [3.8, 4) is 0 Å². The maximum atomic E-state index is 11.9. The lowest BCUT2D eigenvalue weighted by Crippen LogP contribution is -2.28. The Morgan fingerprint density at radius 3 is 3.05 bits per heavy atom. The fourth-order valence-electron chi connectivity index (χ4n) is 2.54. The van der Waals surface area contributed by atoms with Crippen molar-refractivity contribution >= 4 is 23.3 Å². The number of amides is 2. The summed E-state index contributed by atoms with van der Waals surface area (Å²) in [7, 11) is 0. The molecule has 0 saturated heterocycles. The SMILES string of the molecule is O=C(NCc1cnn2c1CCCC2)Nc1ccccc1Cl. The first-order valence-electron chi connectivity index (χ1n) is 7.07. The Hall–Kier alpha value is -2.01. The van der Waals surface area contributed by atoms with Crippen molar-refractivity contribution in [3.63, 3.8) is 0 Å². The molecule has 1 aromatic carbocycles. The van der Waals surface area contributed by atoms with Crippen LogP contribution >= 0.6 is 11.6 Å². The molecule has 2 N–H and O–H groups in total. The smallest absolute Gasteiger partial charge is 0.319 e. The molecule has 0 saturated carbocycles. The van der Waals surface area contributed by atoms with E-state index in [9.17, 15) is 4.79 Å². The lowest BCUT2D eigenvalue weighted by Gasteiger charge is -2.15. The van der Waals surface area contributed by atoms with Gasteiger partial charge in [0.2, 0.25) is 0 Å². The van der Waals surface area contributed by atoms with Gasteiger partial charge in [0.1, 0.15) is 0 Å². The number of fused-ring (bicyclic) bond motifs is 1. The van der Waals surface area contributed by atoms with E-state index >= 15 is 0 Å². The largest absolute Gasteiger partial charge is 0.334 e. The Kier molecular flexibility index (Phi) is 4.10. The van der Waals surface area contributed by atoms with Crippen LogP contribution in [0.3, 0.4) is 0 Å². The van der Waals surface area contributed by atoms with Crippen molar-refractivity contribution in [1.29, 1.82) is 0 Å². The van der Waals surface area contributed by atoms with E-state index in [0.717, 1.165) is 18.5 Å². The van der Waals surface area contributed by atoms with E-state index in [4.69, 9.17) is 11.6 Å². The fraction of sp³-hybridized carbons (Fsp3) is 0.333. The van der Waals surface area contributed by atoms with E-state index in [2.05, 4.69) is 15.7 Å². The molecule has 0 bridgehead atoms. The third kappa shape index (κ3) is 3.19. The first kappa shape index (κ1) is 13.9. The predicted molar refractivity (Wildman–Crippen MR) is 82.5 cm³/mol. The molecule has 0 atom stereocenters. The Bertz CT molecular complexity index is 653. The highest BCUT2D eigenvalue weighted by molar-refractivity contribution is 6.33. The normalized spacial score (nSPS) is 13.6. The molecule has 2 heterocycles. The van der Waals surface area contributed by atoms with Crippen LogP contribution in [0.25, 0.3) is 0 Å². The van der Waals surface area contributed by atoms with Crippen LogP contribution in [0, 0.1) is 0 Å². The Morgan fingerprint density at radius 1 is 1.33 bits per heavy atom. The number of aromatic nitrogens is 2. The molecule has 21 heavy (non-hydrogen) atoms. The van der Waals surface area contributed by atoms with Gasteiger partial charge in [0.15, 0.2) is 0 Å². The standard InChI is InChI=1S/C15H17ClN4O/c16-12-5-1-2-6-13(12)19-15(21)17-9-11-10-18-20-8-4-3-7-14(11)20/h1-2,5-6,10H,3-4,7-9H2,(H2,17,19,21). The van der Waals surface area contributed by atoms with E-state index in [1.54, 1.807) is 12.1 Å². The zero-order chi connectivity index (χ0) is 14.7. The molecule has 2 amide bonds. The minimum atomic E-state index is -0.265. The van der Waals surface area contributed by atoms with E-state index < -0.39 is 0 Å². The van der Waals surface area contributed by atoms with Crippen LogP contribution in [0.2, 0.25) is 5.02 Å². The molecule has 1 aliphatic heterocycles. The second-order valence-corrected chi connectivity index (χ2v) is 5.49. The van der Waals surface area contributed by atoms with E-state index in [-0.39, 0.29) is 6.03 Å². The highest BCUT2D eigenvalue weighted by atomic mass is 35.5. The maximum absolute atomic E-state index is 11.9. The summed E-state index contributed by atoms with van der Waals surface area (Å²) in [5, 5.41) is 10.5. The average molecular weight is 305 g/mol. The maximum Gasteiger partial charge on any atom is 0.319 e. The number of hydrogen-bond acceptors (Lipinski definition) is 2. The van der Waals surface area contributed by atoms with Gasteiger partial charge in [-0.25, -0.2) is 4.79 Å². The van der Waals surface area contributed by atoms with Gasteiger partial charge in [-0.3, -0.25) is 4.68 Å². The third-order valence-corrected chi connectivity index (χ3v) is 3.96. The summed E-state index contributed by atoms with van der Waals surface area (Å²) in [6.07, 6.45) is 5.23. The van der Waals surface area contributed by atoms with Crippen LogP contribution in [0.4, 0.5) is 10.5 Å². The van der Waals surface area contributed by atoms with Gasteiger partial charge in [0, 0.05) is 24.3 Å². The number of benzene rings is 1. The van der Waals surface area contributed by atoms with Crippen molar-refractivity contribution in [2.45, 2.75) is 32.4 Å². The Morgan fingerprint density at radius 2 is 2.19 bits per heavy atom. The van der Waals surface area contributed by atoms with Crippen LogP contribution in [-0.2, 0) is 19.5 Å². The molecule has 0 radical (unpaired) electrons. The number of carbonyl (C=O) groups is 1. The second kappa shape index (κ2) is 6.18. The van der Waals surface area contributed by atoms with Crippen LogP contribution in [0.5, 0.6) is 0 Å². The van der Waals surface area contributed by atoms with Gasteiger partial charge >= 0.3 is 6.03 Å². The van der Waals surface area contributed by atoms with Crippen molar-refractivity contribution in [2.24, 2.45) is 0 Å². The molecule has 3 rings (SSSR count). The highest BCUT2D eigenvalue weighted by Gasteiger charge is 2.15. The molecule has 1 aliphatic rings. The molecule has 110 valence electrons. The number of nitrogens with one attached hydrogen (secondary N) is 2. The number of para-hydroxylation sites is 1. The Balaban J connectivity index is 1.59. The zero-order valence-electron chi connectivity index (χ0n) is 11.6. The number of hydrogen-bond donors (Lipinski definition) is 2. The predicted octanol–water partition coefficient (Wildman–Crippen LogP) is 3.19. The quantitative estimate of drug-likeness (QED) is 0.915. The van der Waals surface area contributed by atoms with E-state index in [1.807, 2.05) is 23.0 Å². The molecule has 0 spiro atoms. The van der Waals surface area contributed by atoms with Crippen molar-refractivity contribution in [3.05, 3.63) is 46.7 Å². The fourth-order valence-corrected chi connectivity index (χ4v) is 2.72. The van der Waals surface area contributed by atoms with Crippen LogP contribution < -0.4 is 10.6 Å². The molecule has 5 nitrogen and oxygen atoms in total. The van der Waals surface area contributed by atoms with E-state index in [0.29, 0.717) is 17.3 Å². The summed E-state index contributed by atoms with van der Waals surface area (Å²) in [5.41, 5.74) is 2.93. The van der Waals surface area contributed by atoms with Crippen LogP contribution in [0.1, 0.15) is 24.1 Å². The van der Waals surface area contributed by atoms with Crippen molar-refractivity contribution in [2.75, 3.05) is 5.32 Å². The van der Waals surface area contributed by atoms with Crippen LogP contribution in [0.15, 0.2) is 30.5 Å². The molecule has 1 aromatic heterocycles. The minimum Gasteiger partial charge on any atom is -0.334 e. The number of rotatable bonds is 3. The first-order valence-corrected chi connectivity index (χ1v) is 7.45. The van der Waals surface area contributed by atoms with Gasteiger partial charge in [-0.2, -0.15) is 5.10 Å². The summed E-state index contributed by atoms with van der Waals surface area (Å²) in [5.74, 6) is 0. The monoisotopic (exact) mass is 304 g/mol. The first-order chi connectivity index (χ1) is 10.2. The molecule has 6 heteroatoms. The number of urea groups is 1. The van der Waals surface area contributed by atoms with Gasteiger partial charge in [0.05, 0.1) is 16.9 Å². The van der Waals surface area contributed by atoms with Gasteiger partial charge in [-0.1, -0.05) is 23.7 Å². The summed E-state index contributed by atoms with van der Waals surface area (Å²) >= 11 is 6.01. The molecular formula is C15H17ClN4O. The zero-order valence-corrected chi connectivity index (χ0v) is 12.4. The number of halogens is 1. The summed E-state index contributed by atoms with van der Waals surface area (Å²) in [4.78, 5) is 11.9. The van der Waals surface area contributed by atoms with Gasteiger partial charge in [-0.15, -0.1) is 0 Å². The number of aryl methyl sites for hydroxylation is 1. The number of anilines is 1. The van der Waals surface area contributed by atoms with Gasteiger partial charge < -0.3 is 10.6 Å². The molecule has 0 aliphatic carbocycles. The second-order valence-electron chi connectivity index (χ2n) is 5.08. The minimum absolute atomic E-state index is 0.265. The topological polar surface area (TPSA) is 59.0 Å². The molecular weight excluding hydrogens is 288 g/mol. The van der Waals surface area contributed by atoms with Crippen molar-refractivity contribution < 1.29 is 4.79 Å². The molecule has 0 fully saturated rings. The van der Waals surface area contributed by atoms with Gasteiger partial charge in [-0.05, 0) is 31.4 Å². The highest BCUT2D eigenvalue weighted by Crippen LogP contribution is 2.20. The van der Waals surface area contributed by atoms with E-state index in [1.165, 1.54) is 18.5 Å². The lowest BCUT2D eigenvalue weighted by molar-refractivity contribution is 0.251. The summed E-state index contributed by atoms with van der Waals surface area (Å²) in [6, 6.07) is 6.90. The number of nitrogens with zero attached hydrogens (tertiary/aromatic N) is 2.